The summed E-state index contributed by atoms with van der Waals surface area (Å²) in [6, 6.07) is 15.8. The molecule has 3 aliphatic heterocycles. The van der Waals surface area contributed by atoms with Crippen LogP contribution in [0.4, 0.5) is 15.3 Å². The number of carbonyl (C=O) groups excluding carboxylic acids is 4. The summed E-state index contributed by atoms with van der Waals surface area (Å²) in [5.74, 6) is -0.226. The first-order chi connectivity index (χ1) is 31.7. The van der Waals surface area contributed by atoms with Crippen LogP contribution in [0.5, 0.6) is 5.75 Å². The van der Waals surface area contributed by atoms with Gasteiger partial charge in [-0.3, -0.25) is 24.7 Å². The third-order valence-corrected chi connectivity index (χ3v) is 12.6. The average molecular weight is 923 g/mol. The summed E-state index contributed by atoms with van der Waals surface area (Å²) in [4.78, 5) is 81.0. The number of rotatable bonds is 15. The number of aliphatic imine (C=N–C) groups is 1. The van der Waals surface area contributed by atoms with Gasteiger partial charge in [-0.25, -0.2) is 14.6 Å². The molecule has 0 saturated carbocycles. The van der Waals surface area contributed by atoms with Crippen LogP contribution < -0.4 is 15.4 Å². The Hall–Kier alpha value is -6.75. The van der Waals surface area contributed by atoms with Gasteiger partial charge in [0.2, 0.25) is 17.6 Å². The number of alkyl carbamates (subject to hydrolysis) is 2. The molecule has 348 valence electrons. The molecule has 0 unspecified atom stereocenters. The van der Waals surface area contributed by atoms with Crippen LogP contribution in [0.1, 0.15) is 82.8 Å². The second-order valence-electron chi connectivity index (χ2n) is 17.2. The maximum Gasteiger partial charge on any atom is 0.407 e. The van der Waals surface area contributed by atoms with E-state index in [-0.39, 0.29) is 64.4 Å². The molecule has 2 fully saturated rings. The summed E-state index contributed by atoms with van der Waals surface area (Å²) >= 11 is 7.06. The first-order valence-electron chi connectivity index (χ1n) is 22.1. The first-order valence-corrected chi connectivity index (χ1v) is 22.5. The number of nitro groups is 1. The summed E-state index contributed by atoms with van der Waals surface area (Å²) in [7, 11) is 2.51. The van der Waals surface area contributed by atoms with E-state index in [0.717, 1.165) is 24.0 Å². The zero-order chi connectivity index (χ0) is 47.2. The molecule has 0 radical (unpaired) electrons. The smallest absolute Gasteiger partial charge is 0.407 e. The molecular weight excluding hydrogens is 868 g/mol. The zero-order valence-corrected chi connectivity index (χ0v) is 38.6. The van der Waals surface area contributed by atoms with E-state index in [1.54, 1.807) is 34.2 Å². The number of H-pyrrole nitrogens is 1. The largest absolute Gasteiger partial charge is 0.481 e. The van der Waals surface area contributed by atoms with Gasteiger partial charge >= 0.3 is 17.9 Å². The lowest BCUT2D eigenvalue weighted by Gasteiger charge is -2.30. The van der Waals surface area contributed by atoms with Gasteiger partial charge in [-0.15, -0.1) is 0 Å². The van der Waals surface area contributed by atoms with Crippen molar-refractivity contribution in [2.45, 2.75) is 90.6 Å². The van der Waals surface area contributed by atoms with Crippen LogP contribution in [-0.2, 0) is 25.7 Å². The number of aromatic amines is 1. The molecule has 1 aromatic heterocycles. The normalized spacial score (nSPS) is 17.9. The average Bonchev–Trinajstić information content (AvgIpc) is 4.16. The lowest BCUT2D eigenvalue weighted by molar-refractivity contribution is -0.385. The summed E-state index contributed by atoms with van der Waals surface area (Å²) in [5, 5.41) is 18.7. The van der Waals surface area contributed by atoms with Crippen molar-refractivity contribution in [3.8, 4) is 28.1 Å². The summed E-state index contributed by atoms with van der Waals surface area (Å²) in [5.41, 5.74) is 4.02. The number of amides is 4. The van der Waals surface area contributed by atoms with Gasteiger partial charge in [-0.1, -0.05) is 100.0 Å². The SMILES string of the molecule is COC(=O)N[C@H](C(=O)N1CCC[C@H]1C1=NC(c2cc(Cl)c(-c3ccc(-c4cnc([C@@H]5CCCN5C(=O)[C@@H](NC(=O)OC)C(C)C)[nH]4)cc3)c([N+](=O)[O-])c2OCc2ccccc2)=CC1)C(C)C. The second-order valence-corrected chi connectivity index (χ2v) is 17.6. The lowest BCUT2D eigenvalue weighted by Crippen LogP contribution is -2.53. The van der Waals surface area contributed by atoms with Gasteiger partial charge in [0.1, 0.15) is 24.5 Å². The van der Waals surface area contributed by atoms with Gasteiger partial charge in [-0.05, 0) is 60.3 Å². The molecule has 0 bridgehead atoms. The van der Waals surface area contributed by atoms with Crippen molar-refractivity contribution in [2.24, 2.45) is 16.8 Å². The molecule has 4 heterocycles. The minimum absolute atomic E-state index is 0.000417. The summed E-state index contributed by atoms with van der Waals surface area (Å²) in [6.45, 7) is 8.45. The number of hydrogen-bond acceptors (Lipinski definition) is 11. The Kier molecular flexibility index (Phi) is 14.7. The van der Waals surface area contributed by atoms with Gasteiger partial charge in [0, 0.05) is 25.2 Å². The van der Waals surface area contributed by atoms with Crippen molar-refractivity contribution in [3.05, 3.63) is 105 Å². The van der Waals surface area contributed by atoms with Gasteiger partial charge in [0.15, 0.2) is 0 Å². The van der Waals surface area contributed by atoms with E-state index >= 15 is 0 Å². The number of ether oxygens (including phenoxy) is 3. The number of nitrogens with zero attached hydrogens (tertiary/aromatic N) is 5. The lowest BCUT2D eigenvalue weighted by atomic mass is 9.97. The van der Waals surface area contributed by atoms with E-state index in [2.05, 4.69) is 20.6 Å². The molecule has 3 aromatic carbocycles. The number of halogens is 1. The van der Waals surface area contributed by atoms with E-state index in [4.69, 9.17) is 30.8 Å². The quantitative estimate of drug-likeness (QED) is 0.0765. The van der Waals surface area contributed by atoms with Gasteiger partial charge in [0.25, 0.3) is 0 Å². The van der Waals surface area contributed by atoms with Gasteiger partial charge < -0.3 is 39.6 Å². The molecule has 4 aromatic rings. The molecular formula is C48H55ClN8O9. The molecule has 0 aliphatic carbocycles. The van der Waals surface area contributed by atoms with Crippen LogP contribution in [-0.4, -0.2) is 99.8 Å². The third-order valence-electron chi connectivity index (χ3n) is 12.3. The number of hydrogen-bond donors (Lipinski definition) is 3. The number of carbonyl (C=O) groups is 4. The Morgan fingerprint density at radius 1 is 0.864 bits per heavy atom. The molecule has 4 amide bonds. The molecule has 4 atom stereocenters. The van der Waals surface area contributed by atoms with Crippen LogP contribution in [0.2, 0.25) is 5.02 Å². The number of nitro benzene ring substituents is 1. The molecule has 2 saturated heterocycles. The second kappa shape index (κ2) is 20.6. The number of allylic oxidation sites excluding steroid dienone is 1. The van der Waals surface area contributed by atoms with E-state index in [0.29, 0.717) is 66.4 Å². The minimum Gasteiger partial charge on any atom is -0.481 e. The van der Waals surface area contributed by atoms with Crippen molar-refractivity contribution in [1.82, 2.24) is 30.4 Å². The molecule has 3 N–H and O–H groups in total. The predicted molar refractivity (Wildman–Crippen MR) is 249 cm³/mol. The Morgan fingerprint density at radius 3 is 2.02 bits per heavy atom. The molecule has 18 heteroatoms. The highest BCUT2D eigenvalue weighted by molar-refractivity contribution is 6.34. The highest BCUT2D eigenvalue weighted by atomic mass is 35.5. The number of imidazole rings is 1. The predicted octanol–water partition coefficient (Wildman–Crippen LogP) is 8.49. The van der Waals surface area contributed by atoms with Crippen LogP contribution >= 0.6 is 11.6 Å². The monoisotopic (exact) mass is 922 g/mol. The summed E-state index contributed by atoms with van der Waals surface area (Å²) in [6.07, 6.45) is 5.42. The highest BCUT2D eigenvalue weighted by Crippen LogP contribution is 2.49. The Morgan fingerprint density at radius 2 is 1.44 bits per heavy atom. The molecule has 3 aliphatic rings. The molecule has 7 rings (SSSR count). The standard InChI is InChI=1S/C48H55ClN8O9/c1-27(2)40(53-47(60)64-5)45(58)55-22-10-14-37(55)35-21-20-34(51-35)32-24-33(49)39(42(57(62)63)43(32)66-26-29-12-8-7-9-13-29)31-18-16-30(17-19-31)36-25-50-44(52-36)38-15-11-23-56(38)46(59)41(28(3)4)54-48(61)65-6/h7-9,12-13,16-20,24-25,27-28,37-38,40-41H,10-11,14-15,21-23,26H2,1-6H3,(H,50,52)(H,53,60)(H,54,61)/t37-,38-,40-,41-/m0/s1. The highest BCUT2D eigenvalue weighted by Gasteiger charge is 2.40. The van der Waals surface area contributed by atoms with E-state index in [1.807, 2.05) is 76.2 Å². The van der Waals surface area contributed by atoms with Crippen molar-refractivity contribution < 1.29 is 38.3 Å². The van der Waals surface area contributed by atoms with Crippen LogP contribution in [0.15, 0.2) is 77.9 Å². The number of likely N-dealkylation sites (tertiary alicyclic amines) is 2. The van der Waals surface area contributed by atoms with Gasteiger partial charge in [-0.2, -0.15) is 0 Å². The molecule has 0 spiro atoms. The number of aromatic nitrogens is 2. The Labute approximate surface area is 388 Å². The number of benzene rings is 3. The number of methoxy groups -OCH3 is 2. The maximum atomic E-state index is 13.9. The van der Waals surface area contributed by atoms with E-state index < -0.39 is 29.2 Å². The minimum atomic E-state index is -0.799. The topological polar surface area (TPSA) is 211 Å². The number of nitrogens with one attached hydrogen (secondary N) is 3. The Balaban J connectivity index is 1.19. The van der Waals surface area contributed by atoms with Crippen LogP contribution in [0.25, 0.3) is 28.1 Å². The van der Waals surface area contributed by atoms with Crippen LogP contribution in [0, 0.1) is 22.0 Å². The molecule has 17 nitrogen and oxygen atoms in total. The van der Waals surface area contributed by atoms with Crippen molar-refractivity contribution in [1.29, 1.82) is 0 Å². The van der Waals surface area contributed by atoms with Crippen molar-refractivity contribution in [2.75, 3.05) is 27.3 Å². The fourth-order valence-corrected chi connectivity index (χ4v) is 9.19. The first kappa shape index (κ1) is 47.2. The molecule has 66 heavy (non-hydrogen) atoms. The Bertz CT molecular complexity index is 2520. The van der Waals surface area contributed by atoms with E-state index in [1.165, 1.54) is 14.2 Å². The van der Waals surface area contributed by atoms with Crippen molar-refractivity contribution in [3.63, 3.8) is 0 Å². The maximum absolute atomic E-state index is 13.9. The third kappa shape index (κ3) is 10.1. The fraction of sp³-hybridized carbons (Fsp3) is 0.417. The fourth-order valence-electron chi connectivity index (χ4n) is 8.88. The zero-order valence-electron chi connectivity index (χ0n) is 37.8. The van der Waals surface area contributed by atoms with Gasteiger partial charge in [0.05, 0.1) is 65.0 Å². The van der Waals surface area contributed by atoms with Crippen LogP contribution in [0.3, 0.4) is 0 Å². The van der Waals surface area contributed by atoms with Crippen molar-refractivity contribution >= 4 is 52.7 Å². The van der Waals surface area contributed by atoms with E-state index in [9.17, 15) is 29.3 Å². The summed E-state index contributed by atoms with van der Waals surface area (Å²) < 4.78 is 15.9.